The molecular weight excluding hydrogens is 212 g/mol. The summed E-state index contributed by atoms with van der Waals surface area (Å²) in [5, 5.41) is 22.1. The van der Waals surface area contributed by atoms with Crippen molar-refractivity contribution in [1.29, 1.82) is 5.26 Å². The summed E-state index contributed by atoms with van der Waals surface area (Å²) in [6.45, 7) is 6.05. The molecule has 0 aliphatic carbocycles. The Morgan fingerprint density at radius 2 is 1.94 bits per heavy atom. The molecule has 0 aliphatic heterocycles. The second-order valence-electron chi connectivity index (χ2n) is 2.91. The van der Waals surface area contributed by atoms with Gasteiger partial charge in [0.1, 0.15) is 6.42 Å². The number of rotatable bonds is 6. The zero-order valence-corrected chi connectivity index (χ0v) is 8.56. The monoisotopic (exact) mass is 224 g/mol. The molecule has 0 saturated carbocycles. The number of aliphatic hydroxyl groups excluding tert-OH is 1. The molecule has 7 nitrogen and oxygen atoms in total. The van der Waals surface area contributed by atoms with Crippen molar-refractivity contribution < 1.29 is 14.7 Å². The molecule has 0 radical (unpaired) electrons. The van der Waals surface area contributed by atoms with Gasteiger partial charge in [0.2, 0.25) is 5.91 Å². The van der Waals surface area contributed by atoms with Crippen molar-refractivity contribution >= 4 is 11.8 Å². The molecule has 0 aliphatic rings. The first-order valence-electron chi connectivity index (χ1n) is 4.51. The van der Waals surface area contributed by atoms with Gasteiger partial charge in [0.15, 0.2) is 0 Å². The molecule has 0 unspecified atom stereocenters. The second-order valence-corrected chi connectivity index (χ2v) is 2.91. The molecule has 0 aromatic heterocycles. The van der Waals surface area contributed by atoms with Gasteiger partial charge in [-0.15, -0.1) is 0 Å². The van der Waals surface area contributed by atoms with E-state index in [4.69, 9.17) is 11.8 Å². The molecule has 0 fully saturated rings. The molecule has 2 amide bonds. The van der Waals surface area contributed by atoms with Gasteiger partial charge in [-0.05, 0) is 0 Å². The van der Waals surface area contributed by atoms with E-state index < -0.39 is 17.9 Å². The van der Waals surface area contributed by atoms with Crippen LogP contribution in [-0.4, -0.2) is 42.7 Å². The fraction of sp³-hybridized carbons (Fsp3) is 0.556. The minimum absolute atomic E-state index is 0.0405. The summed E-state index contributed by atoms with van der Waals surface area (Å²) in [4.78, 5) is 24.5. The van der Waals surface area contributed by atoms with Crippen LogP contribution in [0.2, 0.25) is 0 Å². The first-order chi connectivity index (χ1) is 7.60. The zero-order valence-electron chi connectivity index (χ0n) is 8.56. The van der Waals surface area contributed by atoms with E-state index in [1.165, 1.54) is 0 Å². The third kappa shape index (κ3) is 7.30. The van der Waals surface area contributed by atoms with E-state index in [1.54, 1.807) is 6.07 Å². The lowest BCUT2D eigenvalue weighted by molar-refractivity contribution is -0.120. The van der Waals surface area contributed by atoms with Gasteiger partial charge >= 0.3 is 0 Å². The second kappa shape index (κ2) is 8.21. The summed E-state index contributed by atoms with van der Waals surface area (Å²) in [5.41, 5.74) is 0. The summed E-state index contributed by atoms with van der Waals surface area (Å²) < 4.78 is 0. The van der Waals surface area contributed by atoms with E-state index in [2.05, 4.69) is 15.5 Å². The van der Waals surface area contributed by atoms with Gasteiger partial charge in [-0.2, -0.15) is 5.26 Å². The van der Waals surface area contributed by atoms with Gasteiger partial charge in [-0.3, -0.25) is 9.59 Å². The zero-order chi connectivity index (χ0) is 12.4. The van der Waals surface area contributed by atoms with Crippen LogP contribution in [0.3, 0.4) is 0 Å². The average Bonchev–Trinajstić information content (AvgIpc) is 2.24. The van der Waals surface area contributed by atoms with Gasteiger partial charge in [0, 0.05) is 13.1 Å². The Morgan fingerprint density at radius 1 is 1.38 bits per heavy atom. The molecule has 86 valence electrons. The lowest BCUT2D eigenvalue weighted by Gasteiger charge is -2.10. The van der Waals surface area contributed by atoms with E-state index in [1.807, 2.05) is 0 Å². The maximum atomic E-state index is 10.8. The summed E-state index contributed by atoms with van der Waals surface area (Å²) in [6.07, 6.45) is -1.20. The highest BCUT2D eigenvalue weighted by atomic mass is 16.3. The van der Waals surface area contributed by atoms with Crippen LogP contribution in [0.15, 0.2) is 0 Å². The Bertz CT molecular complexity index is 297. The van der Waals surface area contributed by atoms with E-state index in [-0.39, 0.29) is 26.1 Å². The Hall–Kier alpha value is -2.12. The van der Waals surface area contributed by atoms with E-state index >= 15 is 0 Å². The van der Waals surface area contributed by atoms with Crippen molar-refractivity contribution in [1.82, 2.24) is 10.6 Å². The van der Waals surface area contributed by atoms with E-state index in [0.717, 1.165) is 0 Å². The highest BCUT2D eigenvalue weighted by Gasteiger charge is 2.09. The van der Waals surface area contributed by atoms with Gasteiger partial charge in [-0.25, -0.2) is 6.57 Å². The largest absolute Gasteiger partial charge is 0.389 e. The van der Waals surface area contributed by atoms with Crippen LogP contribution < -0.4 is 10.6 Å². The molecule has 16 heavy (non-hydrogen) atoms. The quantitative estimate of drug-likeness (QED) is 0.473. The van der Waals surface area contributed by atoms with Crippen LogP contribution in [0.5, 0.6) is 0 Å². The van der Waals surface area contributed by atoms with Crippen LogP contribution in [0, 0.1) is 17.9 Å². The number of aliphatic hydroxyl groups is 1. The molecule has 0 rings (SSSR count). The highest BCUT2D eigenvalue weighted by Crippen LogP contribution is 1.81. The maximum Gasteiger partial charge on any atom is 0.300 e. The smallest absolute Gasteiger partial charge is 0.300 e. The van der Waals surface area contributed by atoms with Crippen LogP contribution >= 0.6 is 0 Å². The van der Waals surface area contributed by atoms with Crippen molar-refractivity contribution in [2.24, 2.45) is 0 Å². The minimum atomic E-state index is -0.933. The molecule has 7 heteroatoms. The third-order valence-electron chi connectivity index (χ3n) is 1.53. The fourth-order valence-corrected chi connectivity index (χ4v) is 0.797. The summed E-state index contributed by atoms with van der Waals surface area (Å²) in [7, 11) is 0. The lowest BCUT2D eigenvalue weighted by Crippen LogP contribution is -2.40. The Morgan fingerprint density at radius 3 is 2.44 bits per heavy atom. The SMILES string of the molecule is [C-]#[N+]CC(=O)NC[C@@H](O)CNC(=O)CC#N. The first kappa shape index (κ1) is 13.9. The molecule has 0 spiro atoms. The van der Waals surface area contributed by atoms with Crippen molar-refractivity contribution in [3.05, 3.63) is 11.4 Å². The van der Waals surface area contributed by atoms with E-state index in [0.29, 0.717) is 0 Å². The van der Waals surface area contributed by atoms with Crippen molar-refractivity contribution in [3.63, 3.8) is 0 Å². The Balaban J connectivity index is 3.64. The molecule has 0 aromatic carbocycles. The predicted molar refractivity (Wildman–Crippen MR) is 53.7 cm³/mol. The summed E-state index contributed by atoms with van der Waals surface area (Å²) in [6, 6.07) is 1.66. The molecule has 3 N–H and O–H groups in total. The first-order valence-corrected chi connectivity index (χ1v) is 4.51. The Labute approximate surface area is 92.9 Å². The number of carbonyl (C=O) groups excluding carboxylic acids is 2. The number of hydrogen-bond acceptors (Lipinski definition) is 4. The topological polar surface area (TPSA) is 107 Å². The average molecular weight is 224 g/mol. The molecule has 0 heterocycles. The molecule has 0 aromatic rings. The van der Waals surface area contributed by atoms with Gasteiger partial charge in [-0.1, -0.05) is 0 Å². The van der Waals surface area contributed by atoms with E-state index in [9.17, 15) is 14.7 Å². The normalized spacial score (nSPS) is 10.7. The van der Waals surface area contributed by atoms with Gasteiger partial charge in [0.05, 0.1) is 12.2 Å². The number of nitrogens with one attached hydrogen (secondary N) is 2. The predicted octanol–water partition coefficient (Wildman–Crippen LogP) is -1.59. The molecule has 0 bridgehead atoms. The lowest BCUT2D eigenvalue weighted by atomic mass is 10.3. The number of nitrogens with zero attached hydrogens (tertiary/aromatic N) is 2. The van der Waals surface area contributed by atoms with Crippen LogP contribution in [0.1, 0.15) is 6.42 Å². The van der Waals surface area contributed by atoms with Crippen molar-refractivity contribution in [3.8, 4) is 6.07 Å². The standard InChI is InChI=1S/C9H12N4O3/c1-11-6-9(16)13-5-7(14)4-12-8(15)2-3-10/h7,14H,2,4-6H2,(H,12,15)(H,13,16)/t7-/m0/s1. The van der Waals surface area contributed by atoms with Crippen molar-refractivity contribution in [2.75, 3.05) is 19.6 Å². The molecule has 1 atom stereocenters. The van der Waals surface area contributed by atoms with Gasteiger partial charge < -0.3 is 20.6 Å². The number of hydrogen-bond donors (Lipinski definition) is 3. The summed E-state index contributed by atoms with van der Waals surface area (Å²) in [5.74, 6) is -0.952. The maximum absolute atomic E-state index is 10.8. The Kier molecular flexibility index (Phi) is 7.12. The highest BCUT2D eigenvalue weighted by molar-refractivity contribution is 5.79. The summed E-state index contributed by atoms with van der Waals surface area (Å²) >= 11 is 0. The fourth-order valence-electron chi connectivity index (χ4n) is 0.797. The minimum Gasteiger partial charge on any atom is -0.389 e. The number of carbonyl (C=O) groups is 2. The molecule has 0 saturated heterocycles. The van der Waals surface area contributed by atoms with Crippen molar-refractivity contribution in [2.45, 2.75) is 12.5 Å². The van der Waals surface area contributed by atoms with Crippen LogP contribution in [0.25, 0.3) is 4.85 Å². The van der Waals surface area contributed by atoms with Crippen LogP contribution in [0.4, 0.5) is 0 Å². The molecular formula is C9H12N4O3. The third-order valence-corrected chi connectivity index (χ3v) is 1.53. The number of amides is 2. The van der Waals surface area contributed by atoms with Crippen LogP contribution in [-0.2, 0) is 9.59 Å². The van der Waals surface area contributed by atoms with Gasteiger partial charge in [0.25, 0.3) is 12.5 Å². The number of nitriles is 1.